The number of phenolic OH excluding ortho intramolecular Hbond substituents is 1. The molecule has 3 aliphatic rings. The van der Waals surface area contributed by atoms with E-state index in [0.29, 0.717) is 49.9 Å². The van der Waals surface area contributed by atoms with Crippen LogP contribution in [-0.2, 0) is 52.8 Å². The summed E-state index contributed by atoms with van der Waals surface area (Å²) in [5, 5.41) is 20.7. The van der Waals surface area contributed by atoms with Gasteiger partial charge in [0.25, 0.3) is 5.91 Å². The highest BCUT2D eigenvalue weighted by atomic mass is 16.5. The highest BCUT2D eigenvalue weighted by molar-refractivity contribution is 5.96. The minimum absolute atomic E-state index is 0.0199. The van der Waals surface area contributed by atoms with Gasteiger partial charge in [-0.15, -0.1) is 0 Å². The monoisotopic (exact) mass is 971 g/mol. The second kappa shape index (κ2) is 21.2. The summed E-state index contributed by atoms with van der Waals surface area (Å²) in [5.41, 5.74) is 9.48. The minimum atomic E-state index is -1.18. The van der Waals surface area contributed by atoms with E-state index in [1.54, 1.807) is 37.4 Å². The maximum Gasteiger partial charge on any atom is 0.324 e. The van der Waals surface area contributed by atoms with Gasteiger partial charge in [0, 0.05) is 87.1 Å². The van der Waals surface area contributed by atoms with Gasteiger partial charge in [0.15, 0.2) is 0 Å². The molecule has 3 aromatic heterocycles. The van der Waals surface area contributed by atoms with E-state index < -0.39 is 47.2 Å². The molecule has 6 bridgehead atoms. The van der Waals surface area contributed by atoms with Crippen LogP contribution in [0.4, 0.5) is 0 Å². The van der Waals surface area contributed by atoms with Gasteiger partial charge in [0.05, 0.1) is 30.0 Å². The van der Waals surface area contributed by atoms with Crippen molar-refractivity contribution >= 4 is 46.7 Å². The molecular formula is C53H66N10O8. The molecule has 376 valence electrons. The molecule has 3 aliphatic heterocycles. The molecule has 0 unspecified atom stereocenters. The normalized spacial score (nSPS) is 20.5. The number of cyclic esters (lactones) is 1. The number of benzene rings is 2. The average Bonchev–Trinajstić information content (AvgIpc) is 4.14. The Morgan fingerprint density at radius 2 is 1.87 bits per heavy atom. The van der Waals surface area contributed by atoms with Crippen LogP contribution in [-0.4, -0.2) is 132 Å². The number of carbonyl (C=O) groups is 5. The summed E-state index contributed by atoms with van der Waals surface area (Å²) in [5.74, 6) is -3.02. The smallest absolute Gasteiger partial charge is 0.324 e. The van der Waals surface area contributed by atoms with Crippen LogP contribution in [0.3, 0.4) is 0 Å². The van der Waals surface area contributed by atoms with Gasteiger partial charge in [-0.3, -0.25) is 34.0 Å². The molecule has 0 radical (unpaired) electrons. The number of fused-ring (bicyclic) bond motifs is 6. The molecule has 71 heavy (non-hydrogen) atoms. The number of rotatable bonds is 11. The topological polar surface area (TPSA) is 206 Å². The van der Waals surface area contributed by atoms with E-state index >= 15 is 0 Å². The van der Waals surface area contributed by atoms with Crippen molar-refractivity contribution in [2.45, 2.75) is 104 Å². The summed E-state index contributed by atoms with van der Waals surface area (Å²) in [6.45, 7) is 13.5. The molecule has 2 fully saturated rings. The van der Waals surface area contributed by atoms with Gasteiger partial charge in [-0.1, -0.05) is 39.8 Å². The van der Waals surface area contributed by atoms with Gasteiger partial charge in [-0.25, -0.2) is 15.1 Å². The number of ether oxygens (including phenoxy) is 2. The predicted molar refractivity (Wildman–Crippen MR) is 267 cm³/mol. The largest absolute Gasteiger partial charge is 0.508 e. The summed E-state index contributed by atoms with van der Waals surface area (Å²) >= 11 is 0. The Hall–Kier alpha value is -6.92. The molecule has 2 saturated heterocycles. The van der Waals surface area contributed by atoms with Crippen LogP contribution < -0.4 is 10.7 Å². The second-order valence-electron chi connectivity index (χ2n) is 20.1. The van der Waals surface area contributed by atoms with Crippen LogP contribution in [0.2, 0.25) is 0 Å². The molecule has 2 aromatic carbocycles. The van der Waals surface area contributed by atoms with Crippen molar-refractivity contribution in [3.8, 4) is 28.1 Å². The van der Waals surface area contributed by atoms with Crippen molar-refractivity contribution in [3.05, 3.63) is 90.3 Å². The minimum Gasteiger partial charge on any atom is -0.508 e. The molecule has 6 heterocycles. The lowest BCUT2D eigenvalue weighted by atomic mass is 9.84. The number of hydrogen-bond acceptors (Lipinski definition) is 12. The first-order valence-electron chi connectivity index (χ1n) is 24.6. The zero-order chi connectivity index (χ0) is 50.7. The number of carbonyl (C=O) groups excluding carboxylic acids is 5. The first kappa shape index (κ1) is 50.5. The number of hydrogen-bond donors (Lipinski definition) is 3. The van der Waals surface area contributed by atoms with Gasteiger partial charge in [0.2, 0.25) is 17.7 Å². The van der Waals surface area contributed by atoms with Gasteiger partial charge in [-0.05, 0) is 104 Å². The fraction of sp³-hybridized carbons (Fsp3) is 0.472. The molecular weight excluding hydrogens is 905 g/mol. The van der Waals surface area contributed by atoms with E-state index in [2.05, 4.69) is 64.4 Å². The Balaban J connectivity index is 1.14. The number of esters is 1. The number of hydrazine groups is 1. The second-order valence-corrected chi connectivity index (χ2v) is 20.1. The van der Waals surface area contributed by atoms with E-state index in [-0.39, 0.29) is 55.7 Å². The summed E-state index contributed by atoms with van der Waals surface area (Å²) < 4.78 is 15.6. The highest BCUT2D eigenvalue weighted by Gasteiger charge is 2.40. The lowest BCUT2D eigenvalue weighted by Gasteiger charge is -2.37. The Bertz CT molecular complexity index is 2820. The van der Waals surface area contributed by atoms with Crippen LogP contribution in [0.1, 0.15) is 83.7 Å². The van der Waals surface area contributed by atoms with Crippen molar-refractivity contribution in [1.82, 2.24) is 49.9 Å². The number of pyridine rings is 1. The van der Waals surface area contributed by atoms with Gasteiger partial charge >= 0.3 is 5.97 Å². The summed E-state index contributed by atoms with van der Waals surface area (Å²) in [4.78, 5) is 82.3. The highest BCUT2D eigenvalue weighted by Crippen LogP contribution is 2.42. The van der Waals surface area contributed by atoms with Crippen molar-refractivity contribution in [1.29, 1.82) is 0 Å². The third kappa shape index (κ3) is 10.9. The Labute approximate surface area is 414 Å². The number of nitrogens with zero attached hydrogens (tertiary/aromatic N) is 8. The molecule has 5 atom stereocenters. The third-order valence-electron chi connectivity index (χ3n) is 14.0. The zero-order valence-corrected chi connectivity index (χ0v) is 41.9. The van der Waals surface area contributed by atoms with Gasteiger partial charge in [0.1, 0.15) is 36.5 Å². The number of likely N-dealkylation sites (N-methyl/N-ethyl adjacent to an activating group) is 1. The predicted octanol–water partition coefficient (Wildman–Crippen LogP) is 5.55. The zero-order valence-electron chi connectivity index (χ0n) is 41.9. The van der Waals surface area contributed by atoms with Crippen LogP contribution in [0.25, 0.3) is 39.5 Å². The number of nitrogens with one attached hydrogen (secondary N) is 2. The lowest BCUT2D eigenvalue weighted by molar-refractivity contribution is -0.155. The SMILES string of the molecule is CCn1c(-c2cccnc2[C@H](C)OC)c2c3cc(ccc31)-c1cc(O)cc(c1)C[C@H](NC(=O)[C@H](C(C)C)N(C)C(=O)[C@H]1CCN(C(=O)/C=C/n3cncn3)C1)C(=O)N1CCC[C@H](N1)C(=O)OCC(C)(C)C2. The fourth-order valence-electron chi connectivity index (χ4n) is 10.4. The van der Waals surface area contributed by atoms with Crippen LogP contribution in [0.15, 0.2) is 73.5 Å². The van der Waals surface area contributed by atoms with Crippen LogP contribution in [0.5, 0.6) is 5.75 Å². The molecule has 3 N–H and O–H groups in total. The van der Waals surface area contributed by atoms with E-state index in [1.165, 1.54) is 39.5 Å². The number of phenols is 1. The van der Waals surface area contributed by atoms with Crippen molar-refractivity contribution in [2.75, 3.05) is 40.4 Å². The Kier molecular flexibility index (Phi) is 15.1. The summed E-state index contributed by atoms with van der Waals surface area (Å²) in [6, 6.07) is 12.4. The maximum absolute atomic E-state index is 14.8. The van der Waals surface area contributed by atoms with E-state index in [9.17, 15) is 29.1 Å². The van der Waals surface area contributed by atoms with Crippen LogP contribution in [0, 0.1) is 17.3 Å². The standard InChI is InChI=1S/C53H66N10O8/c1-9-62-44-15-14-35-26-40(44)41(48(62)39-12-10-18-55-46(39)33(4)70-8)27-53(5,6)29-71-52(69)42-13-11-19-63(58-42)51(68)43(24-34-22-37(35)25-38(64)23-34)57-49(66)47(32(2)3)59(7)50(67)36-16-20-60(28-36)45(65)17-21-61-31-54-30-56-61/h10,12,14-15,17-18,21-23,25-26,30-33,36,42-43,47,58,64H,9,11,13,16,19-20,24,27-29H2,1-8H3,(H,57,66)/b21-17+/t33-,36-,42-,43-,47-/m0/s1. The molecule has 8 rings (SSSR count). The molecule has 4 amide bonds. The molecule has 18 nitrogen and oxygen atoms in total. The van der Waals surface area contributed by atoms with Crippen molar-refractivity contribution < 1.29 is 38.6 Å². The van der Waals surface area contributed by atoms with Crippen LogP contribution >= 0.6 is 0 Å². The summed E-state index contributed by atoms with van der Waals surface area (Å²) in [7, 11) is 3.25. The first-order valence-corrected chi connectivity index (χ1v) is 24.6. The first-order chi connectivity index (χ1) is 34.0. The number of likely N-dealkylation sites (tertiary alicyclic amines) is 1. The Morgan fingerprint density at radius 3 is 2.61 bits per heavy atom. The molecule has 18 heteroatoms. The van der Waals surface area contributed by atoms with Crippen molar-refractivity contribution in [3.63, 3.8) is 0 Å². The number of aromatic hydroxyl groups is 1. The molecule has 0 saturated carbocycles. The molecule has 0 spiro atoms. The average molecular weight is 971 g/mol. The lowest BCUT2D eigenvalue weighted by Crippen LogP contribution is -2.62. The van der Waals surface area contributed by atoms with E-state index in [0.717, 1.165) is 39.0 Å². The fourth-order valence-corrected chi connectivity index (χ4v) is 10.4. The Morgan fingerprint density at radius 1 is 1.07 bits per heavy atom. The number of amides is 4. The number of methoxy groups -OCH3 is 1. The number of aryl methyl sites for hydroxylation is 1. The summed E-state index contributed by atoms with van der Waals surface area (Å²) in [6.07, 6.45) is 9.03. The van der Waals surface area contributed by atoms with Gasteiger partial charge < -0.3 is 34.3 Å². The number of aromatic nitrogens is 5. The van der Waals surface area contributed by atoms with Gasteiger partial charge in [-0.2, -0.15) is 5.10 Å². The maximum atomic E-state index is 14.8. The molecule has 5 aromatic rings. The van der Waals surface area contributed by atoms with E-state index in [1.807, 2.05) is 39.0 Å². The third-order valence-corrected chi connectivity index (χ3v) is 14.0. The molecule has 0 aliphatic carbocycles. The van der Waals surface area contributed by atoms with Crippen molar-refractivity contribution in [2.24, 2.45) is 17.3 Å². The van der Waals surface area contributed by atoms with E-state index in [4.69, 9.17) is 14.5 Å². The quantitative estimate of drug-likeness (QED) is 0.110.